The lowest BCUT2D eigenvalue weighted by Gasteiger charge is -2.33. The second-order valence-corrected chi connectivity index (χ2v) is 8.12. The number of likely N-dealkylation sites (tertiary alicyclic amines) is 1. The molecule has 6 nitrogen and oxygen atoms in total. The maximum absolute atomic E-state index is 12.8. The summed E-state index contributed by atoms with van der Waals surface area (Å²) >= 11 is 1.41. The van der Waals surface area contributed by atoms with E-state index in [1.807, 2.05) is 42.6 Å². The Labute approximate surface area is 169 Å². The smallest absolute Gasteiger partial charge is 0.263 e. The van der Waals surface area contributed by atoms with Crippen LogP contribution in [0, 0.1) is 12.8 Å². The summed E-state index contributed by atoms with van der Waals surface area (Å²) in [5, 5.41) is 4.68. The molecule has 0 aliphatic carbocycles. The fourth-order valence-corrected chi connectivity index (χ4v) is 4.05. The monoisotopic (exact) mass is 399 g/mol. The highest BCUT2D eigenvalue weighted by atomic mass is 32.1. The van der Waals surface area contributed by atoms with Gasteiger partial charge in [-0.05, 0) is 43.3 Å². The summed E-state index contributed by atoms with van der Waals surface area (Å²) in [5.41, 5.74) is 1.83. The summed E-state index contributed by atoms with van der Waals surface area (Å²) < 4.78 is 0. The van der Waals surface area contributed by atoms with E-state index in [0.29, 0.717) is 23.7 Å². The largest absolute Gasteiger partial charge is 0.337 e. The van der Waals surface area contributed by atoms with Crippen LogP contribution in [0.3, 0.4) is 0 Å². The van der Waals surface area contributed by atoms with Crippen molar-refractivity contribution in [1.29, 1.82) is 0 Å². The normalized spacial score (nSPS) is 16.5. The number of hydrogen-bond acceptors (Lipinski definition) is 4. The topological polar surface area (TPSA) is 69.7 Å². The molecule has 0 saturated carbocycles. The zero-order chi connectivity index (χ0) is 20.1. The lowest BCUT2D eigenvalue weighted by molar-refractivity contribution is -0.138. The first kappa shape index (κ1) is 20.1. The molecule has 1 saturated heterocycles. The Hall–Kier alpha value is -2.67. The van der Waals surface area contributed by atoms with Gasteiger partial charge in [0.1, 0.15) is 0 Å². The van der Waals surface area contributed by atoms with Crippen LogP contribution < -0.4 is 5.32 Å². The molecule has 2 aromatic rings. The molecule has 0 radical (unpaired) electrons. The van der Waals surface area contributed by atoms with E-state index in [-0.39, 0.29) is 30.2 Å². The van der Waals surface area contributed by atoms with Gasteiger partial charge in [0.2, 0.25) is 11.8 Å². The van der Waals surface area contributed by atoms with Gasteiger partial charge in [0.25, 0.3) is 5.91 Å². The third-order valence-corrected chi connectivity index (χ3v) is 5.74. The van der Waals surface area contributed by atoms with E-state index in [1.165, 1.54) is 16.2 Å². The second kappa shape index (κ2) is 9.01. The predicted molar refractivity (Wildman–Crippen MR) is 110 cm³/mol. The minimum atomic E-state index is -0.269. The number of aryl methyl sites for hydroxylation is 1. The SMILES string of the molecule is Cc1ccc(NC(=O)CN(C)C(=O)C2CCCN(C(=O)c3cccs3)C2)cc1. The molecule has 1 fully saturated rings. The molecule has 7 heteroatoms. The van der Waals surface area contributed by atoms with Crippen molar-refractivity contribution in [2.45, 2.75) is 19.8 Å². The summed E-state index contributed by atoms with van der Waals surface area (Å²) in [4.78, 5) is 41.5. The van der Waals surface area contributed by atoms with Gasteiger partial charge in [-0.15, -0.1) is 11.3 Å². The highest BCUT2D eigenvalue weighted by Gasteiger charge is 2.31. The van der Waals surface area contributed by atoms with Gasteiger partial charge in [-0.2, -0.15) is 0 Å². The molecule has 1 unspecified atom stereocenters. The lowest BCUT2D eigenvalue weighted by atomic mass is 9.96. The van der Waals surface area contributed by atoms with Crippen LogP contribution in [0.1, 0.15) is 28.1 Å². The molecule has 1 atom stereocenters. The van der Waals surface area contributed by atoms with Crippen molar-refractivity contribution in [1.82, 2.24) is 9.80 Å². The number of piperidine rings is 1. The molecular formula is C21H25N3O3S. The molecule has 1 aliphatic rings. The molecule has 2 heterocycles. The van der Waals surface area contributed by atoms with Crippen molar-refractivity contribution in [3.8, 4) is 0 Å². The maximum atomic E-state index is 12.8. The summed E-state index contributed by atoms with van der Waals surface area (Å²) in [6.07, 6.45) is 1.52. The Bertz CT molecular complexity index is 833. The van der Waals surface area contributed by atoms with Crippen LogP contribution in [0.2, 0.25) is 0 Å². The first-order valence-corrected chi connectivity index (χ1v) is 10.3. The molecule has 28 heavy (non-hydrogen) atoms. The summed E-state index contributed by atoms with van der Waals surface area (Å²) in [5.74, 6) is -0.619. The van der Waals surface area contributed by atoms with Crippen LogP contribution in [0.15, 0.2) is 41.8 Å². The van der Waals surface area contributed by atoms with E-state index in [4.69, 9.17) is 0 Å². The van der Waals surface area contributed by atoms with Gasteiger partial charge < -0.3 is 15.1 Å². The number of carbonyl (C=O) groups is 3. The summed E-state index contributed by atoms with van der Waals surface area (Å²) in [6, 6.07) is 11.2. The number of carbonyl (C=O) groups excluding carboxylic acids is 3. The van der Waals surface area contributed by atoms with Crippen LogP contribution in [0.25, 0.3) is 0 Å². The molecule has 1 aromatic carbocycles. The molecule has 0 bridgehead atoms. The van der Waals surface area contributed by atoms with Gasteiger partial charge in [-0.1, -0.05) is 23.8 Å². The molecule has 1 N–H and O–H groups in total. The van der Waals surface area contributed by atoms with E-state index >= 15 is 0 Å². The van der Waals surface area contributed by atoms with Crippen molar-refractivity contribution < 1.29 is 14.4 Å². The van der Waals surface area contributed by atoms with Crippen LogP contribution >= 0.6 is 11.3 Å². The Morgan fingerprint density at radius 2 is 1.96 bits per heavy atom. The van der Waals surface area contributed by atoms with Gasteiger partial charge in [0.15, 0.2) is 0 Å². The average molecular weight is 400 g/mol. The lowest BCUT2D eigenvalue weighted by Crippen LogP contribution is -2.47. The highest BCUT2D eigenvalue weighted by molar-refractivity contribution is 7.12. The molecule has 148 valence electrons. The standard InChI is InChI=1S/C21H25N3O3S/c1-15-7-9-17(10-8-15)22-19(25)14-23(2)20(26)16-5-3-11-24(13-16)21(27)18-6-4-12-28-18/h4,6-10,12,16H,3,5,11,13-14H2,1-2H3,(H,22,25). The Balaban J connectivity index is 1.54. The quantitative estimate of drug-likeness (QED) is 0.840. The second-order valence-electron chi connectivity index (χ2n) is 7.18. The Kier molecular flexibility index (Phi) is 6.46. The number of likely N-dealkylation sites (N-methyl/N-ethyl adjacent to an activating group) is 1. The van der Waals surface area contributed by atoms with E-state index in [2.05, 4.69) is 5.32 Å². The van der Waals surface area contributed by atoms with Crippen LogP contribution in [0.5, 0.6) is 0 Å². The number of nitrogens with zero attached hydrogens (tertiary/aromatic N) is 2. The van der Waals surface area contributed by atoms with Crippen molar-refractivity contribution in [3.63, 3.8) is 0 Å². The zero-order valence-corrected chi connectivity index (χ0v) is 17.0. The first-order valence-electron chi connectivity index (χ1n) is 9.38. The van der Waals surface area contributed by atoms with Crippen molar-refractivity contribution in [3.05, 3.63) is 52.2 Å². The van der Waals surface area contributed by atoms with Crippen LogP contribution in [-0.2, 0) is 9.59 Å². The van der Waals surface area contributed by atoms with Gasteiger partial charge >= 0.3 is 0 Å². The number of benzene rings is 1. The Morgan fingerprint density at radius 1 is 1.21 bits per heavy atom. The summed E-state index contributed by atoms with van der Waals surface area (Å²) in [6.45, 7) is 3.04. The van der Waals surface area contributed by atoms with Crippen LogP contribution in [-0.4, -0.2) is 54.2 Å². The number of amides is 3. The third kappa shape index (κ3) is 4.98. The van der Waals surface area contributed by atoms with Crippen molar-refractivity contribution in [2.24, 2.45) is 5.92 Å². The third-order valence-electron chi connectivity index (χ3n) is 4.88. The first-order chi connectivity index (χ1) is 13.4. The molecule has 1 aromatic heterocycles. The number of hydrogen-bond donors (Lipinski definition) is 1. The highest BCUT2D eigenvalue weighted by Crippen LogP contribution is 2.22. The average Bonchev–Trinajstić information content (AvgIpc) is 3.23. The van der Waals surface area contributed by atoms with Gasteiger partial charge in [0, 0.05) is 25.8 Å². The van der Waals surface area contributed by atoms with E-state index in [9.17, 15) is 14.4 Å². The van der Waals surface area contributed by atoms with Gasteiger partial charge in [-0.25, -0.2) is 0 Å². The molecular weight excluding hydrogens is 374 g/mol. The molecule has 0 spiro atoms. The molecule has 3 amide bonds. The van der Waals surface area contributed by atoms with Crippen molar-refractivity contribution in [2.75, 3.05) is 32.0 Å². The van der Waals surface area contributed by atoms with Gasteiger partial charge in [0.05, 0.1) is 17.3 Å². The van der Waals surface area contributed by atoms with E-state index in [0.717, 1.165) is 18.4 Å². The Morgan fingerprint density at radius 3 is 2.64 bits per heavy atom. The number of thiophene rings is 1. The fraction of sp³-hybridized carbons (Fsp3) is 0.381. The zero-order valence-electron chi connectivity index (χ0n) is 16.2. The van der Waals surface area contributed by atoms with E-state index in [1.54, 1.807) is 18.0 Å². The molecule has 3 rings (SSSR count). The summed E-state index contributed by atoms with van der Waals surface area (Å²) in [7, 11) is 1.64. The number of nitrogens with one attached hydrogen (secondary N) is 1. The number of rotatable bonds is 5. The van der Waals surface area contributed by atoms with Crippen molar-refractivity contribution >= 4 is 34.7 Å². The van der Waals surface area contributed by atoms with Gasteiger partial charge in [-0.3, -0.25) is 14.4 Å². The minimum absolute atomic E-state index is 0.0118. The number of anilines is 1. The fourth-order valence-electron chi connectivity index (χ4n) is 3.36. The maximum Gasteiger partial charge on any atom is 0.263 e. The van der Waals surface area contributed by atoms with E-state index < -0.39 is 0 Å². The molecule has 1 aliphatic heterocycles. The minimum Gasteiger partial charge on any atom is -0.337 e. The predicted octanol–water partition coefficient (Wildman–Crippen LogP) is 3.01. The van der Waals surface area contributed by atoms with Crippen LogP contribution in [0.4, 0.5) is 5.69 Å².